The summed E-state index contributed by atoms with van der Waals surface area (Å²) >= 11 is 1.59. The van der Waals surface area contributed by atoms with E-state index in [2.05, 4.69) is 11.7 Å². The summed E-state index contributed by atoms with van der Waals surface area (Å²) in [5, 5.41) is 0. The highest BCUT2D eigenvalue weighted by Crippen LogP contribution is 1.99. The topological polar surface area (TPSA) is 26.3 Å². The second-order valence-corrected chi connectivity index (χ2v) is 2.31. The van der Waals surface area contributed by atoms with Crippen molar-refractivity contribution in [1.82, 2.24) is 0 Å². The van der Waals surface area contributed by atoms with Crippen LogP contribution in [0.25, 0.3) is 0 Å². The van der Waals surface area contributed by atoms with Crippen LogP contribution in [0, 0.1) is 0 Å². The molecule has 0 aromatic rings. The average Bonchev–Trinajstić information content (AvgIpc) is 1.81. The molecule has 0 aliphatic heterocycles. The minimum Gasteiger partial charge on any atom is -0.446 e. The first kappa shape index (κ1) is 7.82. The van der Waals surface area contributed by atoms with Crippen molar-refractivity contribution in [2.24, 2.45) is 0 Å². The van der Waals surface area contributed by atoms with Crippen LogP contribution in [-0.4, -0.2) is 18.2 Å². The zero-order chi connectivity index (χ0) is 6.24. The van der Waals surface area contributed by atoms with Gasteiger partial charge in [0.15, 0.2) is 0 Å². The summed E-state index contributed by atoms with van der Waals surface area (Å²) in [4.78, 5) is 9.41. The molecule has 0 fully saturated rings. The zero-order valence-electron chi connectivity index (χ0n) is 4.85. The van der Waals surface area contributed by atoms with Crippen molar-refractivity contribution >= 4 is 18.2 Å². The Kier molecular flexibility index (Phi) is 6.67. The fraction of sp³-hybridized carbons (Fsp3) is 0.800. The van der Waals surface area contributed by atoms with Crippen LogP contribution < -0.4 is 0 Å². The highest BCUT2D eigenvalue weighted by atomic mass is 32.2. The maximum absolute atomic E-state index is 9.41. The van der Waals surface area contributed by atoms with Gasteiger partial charge in [-0.1, -0.05) is 6.92 Å². The summed E-state index contributed by atoms with van der Waals surface area (Å²) in [7, 11) is 0. The van der Waals surface area contributed by atoms with E-state index in [0.717, 1.165) is 12.2 Å². The monoisotopic (exact) mass is 133 g/mol. The fourth-order valence-corrected chi connectivity index (χ4v) is 0.807. The molecule has 0 aliphatic rings. The van der Waals surface area contributed by atoms with Crippen molar-refractivity contribution in [1.29, 1.82) is 0 Å². The lowest BCUT2D eigenvalue weighted by atomic mass is 10.6. The van der Waals surface area contributed by atoms with Gasteiger partial charge in [-0.15, -0.1) is 11.8 Å². The molecule has 2 nitrogen and oxygen atoms in total. The number of ether oxygens (including phenoxy) is 1. The Morgan fingerprint density at radius 1 is 1.75 bits per heavy atom. The van der Waals surface area contributed by atoms with Gasteiger partial charge in [0.25, 0.3) is 0 Å². The van der Waals surface area contributed by atoms with Gasteiger partial charge in [0, 0.05) is 0 Å². The Morgan fingerprint density at radius 2 is 2.50 bits per heavy atom. The second-order valence-electron chi connectivity index (χ2n) is 1.25. The predicted molar refractivity (Wildman–Crippen MR) is 34.4 cm³/mol. The number of thioether (sulfide) groups is 1. The van der Waals surface area contributed by atoms with Crippen LogP contribution in [0.5, 0.6) is 0 Å². The molecule has 3 heteroatoms. The van der Waals surface area contributed by atoms with Crippen molar-refractivity contribution in [2.45, 2.75) is 13.3 Å². The largest absolute Gasteiger partial charge is 0.446 e. The molecule has 0 saturated heterocycles. The molecule has 8 heavy (non-hydrogen) atoms. The fourth-order valence-electron chi connectivity index (χ4n) is 0.269. The zero-order valence-corrected chi connectivity index (χ0v) is 5.66. The molecule has 1 radical (unpaired) electrons. The molecule has 0 aromatic carbocycles. The summed E-state index contributed by atoms with van der Waals surface area (Å²) in [6.45, 7) is 3.44. The maximum atomic E-state index is 9.41. The smallest absolute Gasteiger partial charge is 0.418 e. The van der Waals surface area contributed by atoms with Crippen molar-refractivity contribution in [3.05, 3.63) is 0 Å². The van der Waals surface area contributed by atoms with Crippen molar-refractivity contribution in [2.75, 3.05) is 11.7 Å². The molecular weight excluding hydrogens is 124 g/mol. The molecule has 0 saturated carbocycles. The van der Waals surface area contributed by atoms with Gasteiger partial charge in [0.05, 0.1) is 0 Å². The molecular formula is C5H9O2S. The summed E-state index contributed by atoms with van der Waals surface area (Å²) in [5.41, 5.74) is 0. The molecule has 0 atom stereocenters. The van der Waals surface area contributed by atoms with Crippen molar-refractivity contribution in [3.63, 3.8) is 0 Å². The Bertz CT molecular complexity index is 56.4. The Hall–Kier alpha value is -0.180. The van der Waals surface area contributed by atoms with Gasteiger partial charge >= 0.3 is 6.47 Å². The highest BCUT2D eigenvalue weighted by molar-refractivity contribution is 7.99. The van der Waals surface area contributed by atoms with E-state index < -0.39 is 0 Å². The van der Waals surface area contributed by atoms with E-state index in [1.807, 2.05) is 0 Å². The van der Waals surface area contributed by atoms with E-state index >= 15 is 0 Å². The summed E-state index contributed by atoms with van der Waals surface area (Å²) in [5.74, 6) is 1.49. The standard InChI is InChI=1S/C5H9O2S/c1-2-3-8-5-7-4-6/h2-3,5H2,1H3. The normalized spacial score (nSPS) is 8.62. The molecule has 0 N–H and O–H groups in total. The number of hydrogen-bond donors (Lipinski definition) is 0. The molecule has 0 heterocycles. The van der Waals surface area contributed by atoms with Gasteiger partial charge in [-0.05, 0) is 12.2 Å². The van der Waals surface area contributed by atoms with Crippen LogP contribution in [0.4, 0.5) is 0 Å². The summed E-state index contributed by atoms with van der Waals surface area (Å²) in [6.07, 6.45) is 1.12. The summed E-state index contributed by atoms with van der Waals surface area (Å²) in [6, 6.07) is 0. The molecule has 0 unspecified atom stereocenters. The molecule has 0 bridgehead atoms. The number of hydrogen-bond acceptors (Lipinski definition) is 3. The first-order chi connectivity index (χ1) is 3.91. The first-order valence-electron chi connectivity index (χ1n) is 2.48. The van der Waals surface area contributed by atoms with Crippen LogP contribution >= 0.6 is 11.8 Å². The third-order valence-electron chi connectivity index (χ3n) is 0.550. The van der Waals surface area contributed by atoms with Crippen LogP contribution in [0.3, 0.4) is 0 Å². The van der Waals surface area contributed by atoms with E-state index in [4.69, 9.17) is 0 Å². The SMILES string of the molecule is CCCSCO[C]=O. The van der Waals surface area contributed by atoms with Crippen molar-refractivity contribution in [3.8, 4) is 0 Å². The van der Waals surface area contributed by atoms with Crippen molar-refractivity contribution < 1.29 is 9.53 Å². The molecule has 47 valence electrons. The van der Waals surface area contributed by atoms with Crippen LogP contribution in [0.1, 0.15) is 13.3 Å². The minimum absolute atomic E-state index is 0.442. The van der Waals surface area contributed by atoms with E-state index in [-0.39, 0.29) is 0 Å². The molecule has 0 amide bonds. The van der Waals surface area contributed by atoms with E-state index in [9.17, 15) is 4.79 Å². The Balaban J connectivity index is 2.62. The van der Waals surface area contributed by atoms with E-state index in [0.29, 0.717) is 5.94 Å². The lowest BCUT2D eigenvalue weighted by Crippen LogP contribution is -1.86. The average molecular weight is 133 g/mol. The lowest BCUT2D eigenvalue weighted by molar-refractivity contribution is 0.337. The van der Waals surface area contributed by atoms with E-state index in [1.165, 1.54) is 6.47 Å². The van der Waals surface area contributed by atoms with Crippen LogP contribution in [-0.2, 0) is 9.53 Å². The lowest BCUT2D eigenvalue weighted by Gasteiger charge is -1.92. The predicted octanol–water partition coefficient (Wildman–Crippen LogP) is 1.17. The molecule has 0 rings (SSSR count). The summed E-state index contributed by atoms with van der Waals surface area (Å²) < 4.78 is 4.29. The Labute approximate surface area is 53.6 Å². The number of carbonyl (C=O) groups excluding carboxylic acids is 1. The van der Waals surface area contributed by atoms with Gasteiger partial charge < -0.3 is 4.74 Å². The third-order valence-corrected chi connectivity index (χ3v) is 1.53. The molecule has 0 aromatic heterocycles. The van der Waals surface area contributed by atoms with Gasteiger partial charge in [-0.3, -0.25) is 0 Å². The van der Waals surface area contributed by atoms with Crippen LogP contribution in [0.15, 0.2) is 0 Å². The van der Waals surface area contributed by atoms with Gasteiger partial charge in [-0.2, -0.15) is 0 Å². The molecule has 0 aliphatic carbocycles. The highest BCUT2D eigenvalue weighted by Gasteiger charge is 1.83. The van der Waals surface area contributed by atoms with Gasteiger partial charge in [0.2, 0.25) is 0 Å². The third kappa shape index (κ3) is 5.82. The molecule has 0 spiro atoms. The Morgan fingerprint density at radius 3 is 3.00 bits per heavy atom. The quantitative estimate of drug-likeness (QED) is 0.416. The second kappa shape index (κ2) is 6.82. The van der Waals surface area contributed by atoms with Crippen LogP contribution in [0.2, 0.25) is 0 Å². The minimum atomic E-state index is 0.442. The van der Waals surface area contributed by atoms with E-state index in [1.54, 1.807) is 11.8 Å². The first-order valence-corrected chi connectivity index (χ1v) is 3.64. The number of rotatable bonds is 5. The van der Waals surface area contributed by atoms with Gasteiger partial charge in [0.1, 0.15) is 5.94 Å². The maximum Gasteiger partial charge on any atom is 0.418 e. The van der Waals surface area contributed by atoms with Gasteiger partial charge in [-0.25, -0.2) is 4.79 Å².